The molecule has 0 fully saturated rings. The molecule has 0 aromatic heterocycles. The van der Waals surface area contributed by atoms with Crippen molar-refractivity contribution in [3.8, 4) is 0 Å². The summed E-state index contributed by atoms with van der Waals surface area (Å²) in [6, 6.07) is 29.7. The summed E-state index contributed by atoms with van der Waals surface area (Å²) in [5.41, 5.74) is 0.515. The summed E-state index contributed by atoms with van der Waals surface area (Å²) in [6.45, 7) is 6.73. The van der Waals surface area contributed by atoms with Crippen LogP contribution < -0.4 is 10.4 Å². The third-order valence-corrected chi connectivity index (χ3v) is 10.8. The molecule has 0 spiro atoms. The second kappa shape index (κ2) is 10.3. The number of esters is 1. The molecular weight excluding hydrogens is 424 g/mol. The fourth-order valence-corrected chi connectivity index (χ4v) is 8.80. The first kappa shape index (κ1) is 23.3. The Bertz CT molecular complexity index is 917. The minimum absolute atomic E-state index is 0.0989. The van der Waals surface area contributed by atoms with Gasteiger partial charge in [0.1, 0.15) is 6.61 Å². The van der Waals surface area contributed by atoms with Crippen molar-refractivity contribution in [3.63, 3.8) is 0 Å². The zero-order valence-electron chi connectivity index (χ0n) is 18.3. The molecule has 0 heterocycles. The smallest absolute Gasteiger partial charge is 0.338 e. The number of hydrogen-bond donors (Lipinski definition) is 0. The lowest BCUT2D eigenvalue weighted by atomic mass is 10.2. The highest BCUT2D eigenvalue weighted by molar-refractivity contribution is 6.99. The van der Waals surface area contributed by atoms with Crippen LogP contribution in [-0.2, 0) is 9.16 Å². The standard InChI is InChI=1S/C26H29ClO3Si/c1-26(2,3)31(23-15-9-5-10-16-23,24-17-11-6-12-18-24)30-22(19-27)20-29-25(28)21-13-7-4-8-14-21/h4-18,22H,19-20H2,1-3H3. The number of carbonyl (C=O) groups excluding carboxylic acids is 1. The highest BCUT2D eigenvalue weighted by Gasteiger charge is 2.51. The van der Waals surface area contributed by atoms with E-state index in [4.69, 9.17) is 20.8 Å². The maximum absolute atomic E-state index is 12.5. The molecule has 0 bridgehead atoms. The van der Waals surface area contributed by atoms with Gasteiger partial charge >= 0.3 is 5.97 Å². The lowest BCUT2D eigenvalue weighted by molar-refractivity contribution is 0.0331. The van der Waals surface area contributed by atoms with E-state index >= 15 is 0 Å². The third kappa shape index (κ3) is 5.27. The van der Waals surface area contributed by atoms with Gasteiger partial charge in [0.05, 0.1) is 17.5 Å². The van der Waals surface area contributed by atoms with Crippen LogP contribution in [0.1, 0.15) is 31.1 Å². The Hall–Kier alpha value is -2.40. The number of carbonyl (C=O) groups is 1. The van der Waals surface area contributed by atoms with Crippen molar-refractivity contribution in [2.24, 2.45) is 0 Å². The van der Waals surface area contributed by atoms with Gasteiger partial charge in [0.25, 0.3) is 8.32 Å². The van der Waals surface area contributed by atoms with E-state index in [0.29, 0.717) is 5.56 Å². The van der Waals surface area contributed by atoms with E-state index in [9.17, 15) is 4.79 Å². The summed E-state index contributed by atoms with van der Waals surface area (Å²) in [5.74, 6) is -0.145. The maximum Gasteiger partial charge on any atom is 0.338 e. The lowest BCUT2D eigenvalue weighted by Crippen LogP contribution is -2.68. The summed E-state index contributed by atoms with van der Waals surface area (Å²) in [7, 11) is -2.76. The molecule has 162 valence electrons. The van der Waals surface area contributed by atoms with E-state index in [-0.39, 0.29) is 23.5 Å². The Balaban J connectivity index is 1.94. The van der Waals surface area contributed by atoms with E-state index in [2.05, 4.69) is 45.0 Å². The molecule has 5 heteroatoms. The van der Waals surface area contributed by atoms with Crippen LogP contribution in [0.3, 0.4) is 0 Å². The third-order valence-electron chi connectivity index (χ3n) is 5.34. The highest BCUT2D eigenvalue weighted by atomic mass is 35.5. The van der Waals surface area contributed by atoms with Crippen LogP contribution in [0.25, 0.3) is 0 Å². The number of rotatable bonds is 8. The number of ether oxygens (including phenoxy) is 1. The molecule has 0 amide bonds. The molecule has 1 unspecified atom stereocenters. The molecule has 0 aliphatic heterocycles. The average molecular weight is 453 g/mol. The maximum atomic E-state index is 12.5. The van der Waals surface area contributed by atoms with Crippen LogP contribution in [0, 0.1) is 0 Å². The molecule has 0 N–H and O–H groups in total. The van der Waals surface area contributed by atoms with Crippen molar-refractivity contribution >= 4 is 36.3 Å². The summed E-state index contributed by atoms with van der Waals surface area (Å²) in [6.07, 6.45) is -0.430. The van der Waals surface area contributed by atoms with Gasteiger partial charge in [0.15, 0.2) is 0 Å². The number of alkyl halides is 1. The van der Waals surface area contributed by atoms with Gasteiger partial charge in [0, 0.05) is 0 Å². The normalized spacial score (nSPS) is 12.9. The second-order valence-corrected chi connectivity index (χ2v) is 13.1. The van der Waals surface area contributed by atoms with Crippen molar-refractivity contribution in [1.82, 2.24) is 0 Å². The summed E-state index contributed by atoms with van der Waals surface area (Å²) in [4.78, 5) is 12.5. The Kier molecular flexibility index (Phi) is 7.71. The van der Waals surface area contributed by atoms with Crippen molar-refractivity contribution < 1.29 is 14.0 Å². The largest absolute Gasteiger partial charge is 0.459 e. The molecule has 3 aromatic rings. The number of halogens is 1. The lowest BCUT2D eigenvalue weighted by Gasteiger charge is -2.44. The molecule has 0 saturated carbocycles. The fraction of sp³-hybridized carbons (Fsp3) is 0.269. The predicted octanol–water partition coefficient (Wildman–Crippen LogP) is 5.03. The van der Waals surface area contributed by atoms with Gasteiger partial charge in [-0.2, -0.15) is 0 Å². The molecule has 31 heavy (non-hydrogen) atoms. The van der Waals surface area contributed by atoms with E-state index in [1.165, 1.54) is 10.4 Å². The molecule has 3 rings (SSSR count). The van der Waals surface area contributed by atoms with Crippen LogP contribution in [0.4, 0.5) is 0 Å². The highest BCUT2D eigenvalue weighted by Crippen LogP contribution is 2.37. The quantitative estimate of drug-likeness (QED) is 0.273. The molecular formula is C26H29ClO3Si. The van der Waals surface area contributed by atoms with Gasteiger partial charge < -0.3 is 9.16 Å². The molecule has 0 aliphatic rings. The van der Waals surface area contributed by atoms with E-state index < -0.39 is 14.4 Å². The van der Waals surface area contributed by atoms with Gasteiger partial charge in [-0.25, -0.2) is 4.79 Å². The van der Waals surface area contributed by atoms with Gasteiger partial charge in [0.2, 0.25) is 0 Å². The number of hydrogen-bond acceptors (Lipinski definition) is 3. The SMILES string of the molecule is CC(C)(C)[Si](OC(CCl)COC(=O)c1ccccc1)(c1ccccc1)c1ccccc1. The molecule has 3 aromatic carbocycles. The second-order valence-electron chi connectivity index (χ2n) is 8.52. The van der Waals surface area contributed by atoms with Crippen LogP contribution >= 0.6 is 11.6 Å². The molecule has 3 nitrogen and oxygen atoms in total. The van der Waals surface area contributed by atoms with E-state index in [1.807, 2.05) is 54.6 Å². The van der Waals surface area contributed by atoms with Crippen molar-refractivity contribution in [2.75, 3.05) is 12.5 Å². The zero-order chi connectivity index (χ0) is 22.3. The van der Waals surface area contributed by atoms with Gasteiger partial charge in [-0.3, -0.25) is 0 Å². The summed E-state index contributed by atoms with van der Waals surface area (Å²) >= 11 is 6.33. The van der Waals surface area contributed by atoms with Crippen molar-refractivity contribution in [3.05, 3.63) is 96.6 Å². The number of benzene rings is 3. The Morgan fingerprint density at radius 3 is 1.71 bits per heavy atom. The molecule has 0 aliphatic carbocycles. The fourth-order valence-electron chi connectivity index (χ4n) is 3.88. The summed E-state index contributed by atoms with van der Waals surface area (Å²) in [5, 5.41) is 2.15. The van der Waals surface area contributed by atoms with Crippen molar-refractivity contribution in [2.45, 2.75) is 31.9 Å². The minimum atomic E-state index is -2.76. The van der Waals surface area contributed by atoms with Gasteiger partial charge in [-0.1, -0.05) is 99.6 Å². The Morgan fingerprint density at radius 2 is 1.29 bits per heavy atom. The summed E-state index contributed by atoms with van der Waals surface area (Å²) < 4.78 is 12.5. The van der Waals surface area contributed by atoms with Crippen LogP contribution in [-0.4, -0.2) is 32.9 Å². The first-order chi connectivity index (χ1) is 14.9. The van der Waals surface area contributed by atoms with Crippen molar-refractivity contribution in [1.29, 1.82) is 0 Å². The monoisotopic (exact) mass is 452 g/mol. The zero-order valence-corrected chi connectivity index (χ0v) is 20.0. The first-order valence-corrected chi connectivity index (χ1v) is 12.9. The average Bonchev–Trinajstić information content (AvgIpc) is 2.80. The van der Waals surface area contributed by atoms with Gasteiger partial charge in [-0.15, -0.1) is 11.6 Å². The van der Waals surface area contributed by atoms with E-state index in [1.54, 1.807) is 12.1 Å². The molecule has 0 saturated heterocycles. The van der Waals surface area contributed by atoms with Gasteiger partial charge in [-0.05, 0) is 27.5 Å². The van der Waals surface area contributed by atoms with Crippen LogP contribution in [0.5, 0.6) is 0 Å². The Labute approximate surface area is 191 Å². The predicted molar refractivity (Wildman–Crippen MR) is 130 cm³/mol. The Morgan fingerprint density at radius 1 is 0.839 bits per heavy atom. The van der Waals surface area contributed by atoms with Crippen LogP contribution in [0.15, 0.2) is 91.0 Å². The van der Waals surface area contributed by atoms with Crippen LogP contribution in [0.2, 0.25) is 5.04 Å². The van der Waals surface area contributed by atoms with E-state index in [0.717, 1.165) is 0 Å². The first-order valence-electron chi connectivity index (χ1n) is 10.5. The molecule has 1 atom stereocenters. The molecule has 0 radical (unpaired) electrons. The minimum Gasteiger partial charge on any atom is -0.459 e. The topological polar surface area (TPSA) is 35.5 Å².